The molecule has 1 unspecified atom stereocenters. The van der Waals surface area contributed by atoms with Crippen molar-refractivity contribution >= 4 is 0 Å². The van der Waals surface area contributed by atoms with Crippen LogP contribution in [-0.4, -0.2) is 9.55 Å². The standard InChI is InChI=1S/C10H19N3/c1-3-4-5-9(2)13-8-12-7-10(13)6-11/h7-9H,3-6,11H2,1-2H3. The number of aromatic nitrogens is 2. The Morgan fingerprint density at radius 3 is 3.00 bits per heavy atom. The predicted molar refractivity (Wildman–Crippen MR) is 54.4 cm³/mol. The maximum absolute atomic E-state index is 5.60. The molecule has 0 aromatic carbocycles. The Labute approximate surface area is 80.0 Å². The van der Waals surface area contributed by atoms with Gasteiger partial charge in [0.1, 0.15) is 0 Å². The highest BCUT2D eigenvalue weighted by Gasteiger charge is 2.06. The normalized spacial score (nSPS) is 13.2. The Morgan fingerprint density at radius 2 is 2.38 bits per heavy atom. The van der Waals surface area contributed by atoms with E-state index in [9.17, 15) is 0 Å². The van der Waals surface area contributed by atoms with Gasteiger partial charge in [-0.05, 0) is 13.3 Å². The number of rotatable bonds is 5. The van der Waals surface area contributed by atoms with E-state index in [0.717, 1.165) is 5.69 Å². The van der Waals surface area contributed by atoms with Gasteiger partial charge in [-0.3, -0.25) is 0 Å². The quantitative estimate of drug-likeness (QED) is 0.756. The van der Waals surface area contributed by atoms with Crippen LogP contribution in [0.4, 0.5) is 0 Å². The maximum Gasteiger partial charge on any atom is 0.0951 e. The van der Waals surface area contributed by atoms with Crippen LogP contribution in [0.25, 0.3) is 0 Å². The fourth-order valence-corrected chi connectivity index (χ4v) is 1.53. The number of nitrogens with two attached hydrogens (primary N) is 1. The molecule has 0 amide bonds. The van der Waals surface area contributed by atoms with E-state index in [1.807, 2.05) is 12.5 Å². The second-order valence-corrected chi connectivity index (χ2v) is 3.49. The molecule has 74 valence electrons. The highest BCUT2D eigenvalue weighted by molar-refractivity contribution is 4.98. The Kier molecular flexibility index (Phi) is 3.96. The van der Waals surface area contributed by atoms with Crippen LogP contribution in [0.15, 0.2) is 12.5 Å². The van der Waals surface area contributed by atoms with Crippen LogP contribution in [0.3, 0.4) is 0 Å². The van der Waals surface area contributed by atoms with Gasteiger partial charge in [0.05, 0.1) is 12.0 Å². The van der Waals surface area contributed by atoms with Crippen molar-refractivity contribution in [1.29, 1.82) is 0 Å². The van der Waals surface area contributed by atoms with Crippen molar-refractivity contribution in [2.24, 2.45) is 5.73 Å². The number of nitrogens with zero attached hydrogens (tertiary/aromatic N) is 2. The first kappa shape index (κ1) is 10.3. The van der Waals surface area contributed by atoms with E-state index < -0.39 is 0 Å². The van der Waals surface area contributed by atoms with E-state index in [-0.39, 0.29) is 0 Å². The molecule has 1 aromatic rings. The van der Waals surface area contributed by atoms with E-state index in [0.29, 0.717) is 12.6 Å². The van der Waals surface area contributed by atoms with Crippen molar-refractivity contribution in [3.63, 3.8) is 0 Å². The average molecular weight is 181 g/mol. The third-order valence-electron chi connectivity index (χ3n) is 2.41. The van der Waals surface area contributed by atoms with E-state index in [1.165, 1.54) is 19.3 Å². The zero-order chi connectivity index (χ0) is 9.68. The second kappa shape index (κ2) is 5.02. The summed E-state index contributed by atoms with van der Waals surface area (Å²) in [6, 6.07) is 0.529. The molecule has 13 heavy (non-hydrogen) atoms. The summed E-state index contributed by atoms with van der Waals surface area (Å²) in [5, 5.41) is 0. The maximum atomic E-state index is 5.60. The Morgan fingerprint density at radius 1 is 1.62 bits per heavy atom. The summed E-state index contributed by atoms with van der Waals surface area (Å²) in [5.41, 5.74) is 6.73. The summed E-state index contributed by atoms with van der Waals surface area (Å²) < 4.78 is 2.18. The first-order valence-electron chi connectivity index (χ1n) is 5.00. The lowest BCUT2D eigenvalue weighted by Crippen LogP contribution is -2.10. The minimum atomic E-state index is 0.529. The van der Waals surface area contributed by atoms with Crippen LogP contribution in [0.5, 0.6) is 0 Å². The van der Waals surface area contributed by atoms with Gasteiger partial charge in [0.2, 0.25) is 0 Å². The third kappa shape index (κ3) is 2.56. The Bertz CT molecular complexity index is 242. The van der Waals surface area contributed by atoms with Crippen molar-refractivity contribution in [3.8, 4) is 0 Å². The molecule has 0 radical (unpaired) electrons. The summed E-state index contributed by atoms with van der Waals surface area (Å²) in [7, 11) is 0. The van der Waals surface area contributed by atoms with Crippen molar-refractivity contribution in [3.05, 3.63) is 18.2 Å². The molecule has 2 N–H and O–H groups in total. The molecule has 0 bridgehead atoms. The van der Waals surface area contributed by atoms with Gasteiger partial charge in [0.15, 0.2) is 0 Å². The predicted octanol–water partition coefficient (Wildman–Crippen LogP) is 2.09. The lowest BCUT2D eigenvalue weighted by atomic mass is 10.1. The van der Waals surface area contributed by atoms with Crippen LogP contribution in [0.1, 0.15) is 44.8 Å². The van der Waals surface area contributed by atoms with E-state index in [2.05, 4.69) is 23.4 Å². The largest absolute Gasteiger partial charge is 0.331 e. The molecule has 1 aromatic heterocycles. The molecule has 1 atom stereocenters. The summed E-state index contributed by atoms with van der Waals surface area (Å²) in [6.45, 7) is 5.01. The van der Waals surface area contributed by atoms with Gasteiger partial charge in [-0.15, -0.1) is 0 Å². The Balaban J connectivity index is 2.59. The first-order chi connectivity index (χ1) is 6.29. The third-order valence-corrected chi connectivity index (χ3v) is 2.41. The number of unbranched alkanes of at least 4 members (excludes halogenated alkanes) is 1. The molecule has 3 nitrogen and oxygen atoms in total. The van der Waals surface area contributed by atoms with Gasteiger partial charge >= 0.3 is 0 Å². The SMILES string of the molecule is CCCCC(C)n1cncc1CN. The van der Waals surface area contributed by atoms with Crippen molar-refractivity contribution in [2.45, 2.75) is 45.7 Å². The zero-order valence-corrected chi connectivity index (χ0v) is 8.53. The van der Waals surface area contributed by atoms with E-state index in [1.54, 1.807) is 0 Å². The van der Waals surface area contributed by atoms with Crippen molar-refractivity contribution < 1.29 is 0 Å². The van der Waals surface area contributed by atoms with Crippen LogP contribution >= 0.6 is 0 Å². The van der Waals surface area contributed by atoms with Crippen LogP contribution < -0.4 is 5.73 Å². The first-order valence-corrected chi connectivity index (χ1v) is 5.00. The van der Waals surface area contributed by atoms with Gasteiger partial charge < -0.3 is 10.3 Å². The zero-order valence-electron chi connectivity index (χ0n) is 8.53. The summed E-state index contributed by atoms with van der Waals surface area (Å²) >= 11 is 0. The van der Waals surface area contributed by atoms with Gasteiger partial charge in [0.25, 0.3) is 0 Å². The van der Waals surface area contributed by atoms with Gasteiger partial charge in [-0.25, -0.2) is 4.98 Å². The molecule has 0 aliphatic carbocycles. The molecule has 0 aliphatic heterocycles. The number of imidazole rings is 1. The highest BCUT2D eigenvalue weighted by Crippen LogP contribution is 2.16. The molecule has 1 rings (SSSR count). The number of hydrogen-bond acceptors (Lipinski definition) is 2. The summed E-state index contributed by atoms with van der Waals surface area (Å²) in [5.74, 6) is 0. The molecular weight excluding hydrogens is 162 g/mol. The molecule has 0 fully saturated rings. The minimum absolute atomic E-state index is 0.529. The Hall–Kier alpha value is -0.830. The van der Waals surface area contributed by atoms with Crippen LogP contribution in [-0.2, 0) is 6.54 Å². The lowest BCUT2D eigenvalue weighted by Gasteiger charge is -2.15. The second-order valence-electron chi connectivity index (χ2n) is 3.49. The highest BCUT2D eigenvalue weighted by atomic mass is 15.1. The molecule has 1 heterocycles. The van der Waals surface area contributed by atoms with E-state index >= 15 is 0 Å². The molecule has 0 spiro atoms. The molecule has 0 aliphatic rings. The molecule has 3 heteroatoms. The lowest BCUT2D eigenvalue weighted by molar-refractivity contribution is 0.472. The smallest absolute Gasteiger partial charge is 0.0951 e. The van der Waals surface area contributed by atoms with Crippen molar-refractivity contribution in [2.75, 3.05) is 0 Å². The summed E-state index contributed by atoms with van der Waals surface area (Å²) in [4.78, 5) is 4.11. The van der Waals surface area contributed by atoms with Gasteiger partial charge in [-0.1, -0.05) is 19.8 Å². The fraction of sp³-hybridized carbons (Fsp3) is 0.700. The molecule has 0 saturated heterocycles. The van der Waals surface area contributed by atoms with Gasteiger partial charge in [0, 0.05) is 18.8 Å². The number of hydrogen-bond donors (Lipinski definition) is 1. The van der Waals surface area contributed by atoms with Crippen LogP contribution in [0.2, 0.25) is 0 Å². The van der Waals surface area contributed by atoms with Crippen LogP contribution in [0, 0.1) is 0 Å². The average Bonchev–Trinajstić information content (AvgIpc) is 2.61. The molecule has 0 saturated carbocycles. The van der Waals surface area contributed by atoms with Gasteiger partial charge in [-0.2, -0.15) is 0 Å². The molecular formula is C10H19N3. The monoisotopic (exact) mass is 181 g/mol. The topological polar surface area (TPSA) is 43.8 Å². The van der Waals surface area contributed by atoms with Crippen molar-refractivity contribution in [1.82, 2.24) is 9.55 Å². The van der Waals surface area contributed by atoms with E-state index in [4.69, 9.17) is 5.73 Å². The summed E-state index contributed by atoms with van der Waals surface area (Å²) in [6.07, 6.45) is 7.45. The fourth-order valence-electron chi connectivity index (χ4n) is 1.53. The minimum Gasteiger partial charge on any atom is -0.331 e.